The highest BCUT2D eigenvalue weighted by atomic mass is 35.5. The minimum Gasteiger partial charge on any atom is -0.463 e. The second-order valence-electron chi connectivity index (χ2n) is 9.35. The van der Waals surface area contributed by atoms with E-state index in [9.17, 15) is 18.8 Å². The van der Waals surface area contributed by atoms with Crippen molar-refractivity contribution < 1.29 is 23.5 Å². The van der Waals surface area contributed by atoms with Crippen molar-refractivity contribution in [2.45, 2.75) is 32.9 Å². The molecule has 1 saturated heterocycles. The largest absolute Gasteiger partial charge is 0.463 e. The molecule has 1 fully saturated rings. The first-order valence-corrected chi connectivity index (χ1v) is 13.1. The zero-order valence-corrected chi connectivity index (χ0v) is 22.5. The first kappa shape index (κ1) is 27.6. The van der Waals surface area contributed by atoms with Gasteiger partial charge in [-0.25, -0.2) is 14.0 Å². The van der Waals surface area contributed by atoms with Gasteiger partial charge in [-0.15, -0.1) is 0 Å². The van der Waals surface area contributed by atoms with E-state index in [2.05, 4.69) is 10.2 Å². The normalized spacial score (nSPS) is 20.4. The van der Waals surface area contributed by atoms with Crippen LogP contribution in [0.5, 0.6) is 0 Å². The summed E-state index contributed by atoms with van der Waals surface area (Å²) in [5, 5.41) is 3.42. The van der Waals surface area contributed by atoms with E-state index in [1.54, 1.807) is 43.3 Å². The Morgan fingerprint density at radius 2 is 1.87 bits per heavy atom. The number of nitrogens with one attached hydrogen (secondary N) is 1. The molecule has 2 aliphatic rings. The van der Waals surface area contributed by atoms with E-state index in [1.165, 1.54) is 17.0 Å². The van der Waals surface area contributed by atoms with Gasteiger partial charge < -0.3 is 15.0 Å². The van der Waals surface area contributed by atoms with Crippen LogP contribution in [0.2, 0.25) is 5.02 Å². The molecule has 202 valence electrons. The van der Waals surface area contributed by atoms with E-state index in [0.29, 0.717) is 54.6 Å². The van der Waals surface area contributed by atoms with E-state index >= 15 is 0 Å². The number of halogens is 2. The second kappa shape index (κ2) is 12.0. The molecule has 2 heterocycles. The van der Waals surface area contributed by atoms with Crippen LogP contribution in [0.25, 0.3) is 0 Å². The van der Waals surface area contributed by atoms with E-state index < -0.39 is 17.8 Å². The number of ether oxygens (including phenoxy) is 1. The van der Waals surface area contributed by atoms with Crippen LogP contribution in [0.1, 0.15) is 42.7 Å². The molecule has 0 radical (unpaired) electrons. The standard InChI is InChI=1S/C28H32ClFN4O4/c1-4-33-23(17-32-13-14-34(18(3)16-32)26(35)19-9-11-21(29)12-10-19)24(27(36)38-5-2)25(31-28(33)37)20-7-6-8-22(30)15-20/h6-12,15,18,25H,4-5,13-14,16-17H2,1-3H3,(H,31,37)/t18-,25-/m0/s1. The Balaban J connectivity index is 1.62. The van der Waals surface area contributed by atoms with Crippen molar-refractivity contribution in [1.82, 2.24) is 20.0 Å². The van der Waals surface area contributed by atoms with E-state index in [1.807, 2.05) is 18.7 Å². The van der Waals surface area contributed by atoms with Crippen molar-refractivity contribution in [2.75, 3.05) is 39.3 Å². The van der Waals surface area contributed by atoms with Crippen molar-refractivity contribution in [1.29, 1.82) is 0 Å². The number of benzene rings is 2. The number of hydrogen-bond donors (Lipinski definition) is 1. The summed E-state index contributed by atoms with van der Waals surface area (Å²) in [6.45, 7) is 7.89. The summed E-state index contributed by atoms with van der Waals surface area (Å²) in [5.74, 6) is -1.09. The first-order chi connectivity index (χ1) is 18.2. The van der Waals surface area contributed by atoms with Crippen LogP contribution in [0.3, 0.4) is 0 Å². The summed E-state index contributed by atoms with van der Waals surface area (Å²) in [7, 11) is 0. The minimum atomic E-state index is -0.847. The third-order valence-corrected chi connectivity index (χ3v) is 7.12. The third kappa shape index (κ3) is 5.84. The molecule has 1 N–H and O–H groups in total. The molecule has 8 nitrogen and oxygen atoms in total. The quantitative estimate of drug-likeness (QED) is 0.530. The molecule has 38 heavy (non-hydrogen) atoms. The number of hydrogen-bond acceptors (Lipinski definition) is 5. The SMILES string of the molecule is CCOC(=O)C1=C(CN2CCN(C(=O)c3ccc(Cl)cc3)[C@@H](C)C2)N(CC)C(=O)N[C@H]1c1cccc(F)c1. The highest BCUT2D eigenvalue weighted by Crippen LogP contribution is 2.32. The number of nitrogens with zero attached hydrogens (tertiary/aromatic N) is 3. The molecule has 2 aromatic carbocycles. The molecule has 2 aromatic rings. The molecule has 10 heteroatoms. The predicted molar refractivity (Wildman–Crippen MR) is 142 cm³/mol. The van der Waals surface area contributed by atoms with Crippen LogP contribution in [-0.4, -0.2) is 78.0 Å². The maximum absolute atomic E-state index is 14.1. The Morgan fingerprint density at radius 1 is 1.13 bits per heavy atom. The summed E-state index contributed by atoms with van der Waals surface area (Å²) in [4.78, 5) is 44.9. The van der Waals surface area contributed by atoms with Crippen LogP contribution in [0.15, 0.2) is 59.8 Å². The van der Waals surface area contributed by atoms with Gasteiger partial charge >= 0.3 is 12.0 Å². The van der Waals surface area contributed by atoms with E-state index in [-0.39, 0.29) is 30.2 Å². The Hall–Kier alpha value is -3.43. The molecule has 2 atom stereocenters. The van der Waals surface area contributed by atoms with Gasteiger partial charge in [0.2, 0.25) is 0 Å². The number of rotatable bonds is 7. The van der Waals surface area contributed by atoms with Crippen LogP contribution in [0.4, 0.5) is 9.18 Å². The maximum atomic E-state index is 14.1. The minimum absolute atomic E-state index is 0.0707. The summed E-state index contributed by atoms with van der Waals surface area (Å²) < 4.78 is 19.5. The van der Waals surface area contributed by atoms with Crippen molar-refractivity contribution in [2.24, 2.45) is 0 Å². The second-order valence-corrected chi connectivity index (χ2v) is 9.79. The van der Waals surface area contributed by atoms with Gasteiger partial charge in [-0.1, -0.05) is 23.7 Å². The van der Waals surface area contributed by atoms with Gasteiger partial charge in [-0.2, -0.15) is 0 Å². The molecule has 0 aliphatic carbocycles. The van der Waals surface area contributed by atoms with E-state index in [0.717, 1.165) is 0 Å². The summed E-state index contributed by atoms with van der Waals surface area (Å²) in [6, 6.07) is 11.3. The highest BCUT2D eigenvalue weighted by Gasteiger charge is 2.39. The molecular weight excluding hydrogens is 511 g/mol. The lowest BCUT2D eigenvalue weighted by Crippen LogP contribution is -2.56. The Kier molecular flexibility index (Phi) is 8.69. The van der Waals surface area contributed by atoms with Gasteiger partial charge in [0.25, 0.3) is 5.91 Å². The number of carbonyl (C=O) groups is 3. The molecule has 3 amide bonds. The maximum Gasteiger partial charge on any atom is 0.338 e. The smallest absolute Gasteiger partial charge is 0.338 e. The van der Waals surface area contributed by atoms with Crippen LogP contribution in [0, 0.1) is 5.82 Å². The van der Waals surface area contributed by atoms with Gasteiger partial charge in [-0.3, -0.25) is 14.6 Å². The Bertz CT molecular complexity index is 1240. The van der Waals surface area contributed by atoms with Crippen LogP contribution in [-0.2, 0) is 9.53 Å². The summed E-state index contributed by atoms with van der Waals surface area (Å²) >= 11 is 5.97. The molecule has 0 saturated carbocycles. The van der Waals surface area contributed by atoms with Crippen molar-refractivity contribution in [3.63, 3.8) is 0 Å². The van der Waals surface area contributed by atoms with Crippen LogP contribution < -0.4 is 5.32 Å². The number of piperazine rings is 1. The van der Waals surface area contributed by atoms with Crippen molar-refractivity contribution >= 4 is 29.5 Å². The topological polar surface area (TPSA) is 82.2 Å². The van der Waals surface area contributed by atoms with Gasteiger partial charge in [-0.05, 0) is 62.7 Å². The summed E-state index contributed by atoms with van der Waals surface area (Å²) in [5.41, 5.74) is 1.84. The molecule has 4 rings (SSSR count). The molecule has 0 spiro atoms. The fraction of sp³-hybridized carbons (Fsp3) is 0.393. The van der Waals surface area contributed by atoms with Gasteiger partial charge in [0.1, 0.15) is 5.82 Å². The molecule has 0 unspecified atom stereocenters. The fourth-order valence-electron chi connectivity index (χ4n) is 5.04. The Labute approximate surface area is 227 Å². The number of likely N-dealkylation sites (N-methyl/N-ethyl adjacent to an activating group) is 1. The number of carbonyl (C=O) groups excluding carboxylic acids is 3. The summed E-state index contributed by atoms with van der Waals surface area (Å²) in [6.07, 6.45) is 0. The highest BCUT2D eigenvalue weighted by molar-refractivity contribution is 6.30. The van der Waals surface area contributed by atoms with E-state index in [4.69, 9.17) is 16.3 Å². The third-order valence-electron chi connectivity index (χ3n) is 6.87. The number of amides is 3. The number of esters is 1. The first-order valence-electron chi connectivity index (χ1n) is 12.8. The van der Waals surface area contributed by atoms with Crippen molar-refractivity contribution in [3.05, 3.63) is 81.8 Å². The monoisotopic (exact) mass is 542 g/mol. The zero-order chi connectivity index (χ0) is 27.4. The van der Waals surface area contributed by atoms with Crippen LogP contribution >= 0.6 is 11.6 Å². The van der Waals surface area contributed by atoms with Crippen molar-refractivity contribution in [3.8, 4) is 0 Å². The van der Waals surface area contributed by atoms with Gasteiger partial charge in [0.15, 0.2) is 0 Å². The zero-order valence-electron chi connectivity index (χ0n) is 21.7. The predicted octanol–water partition coefficient (Wildman–Crippen LogP) is 4.23. The fourth-order valence-corrected chi connectivity index (χ4v) is 5.17. The lowest BCUT2D eigenvalue weighted by molar-refractivity contribution is -0.139. The van der Waals surface area contributed by atoms with Gasteiger partial charge in [0, 0.05) is 55.0 Å². The average Bonchev–Trinajstić information content (AvgIpc) is 2.89. The lowest BCUT2D eigenvalue weighted by atomic mass is 9.94. The lowest BCUT2D eigenvalue weighted by Gasteiger charge is -2.43. The Morgan fingerprint density at radius 3 is 2.50 bits per heavy atom. The molecule has 2 aliphatic heterocycles. The molecule has 0 bridgehead atoms. The van der Waals surface area contributed by atoms with Gasteiger partial charge in [0.05, 0.1) is 18.2 Å². The number of urea groups is 1. The molecule has 0 aromatic heterocycles. The molecular formula is C28H32ClFN4O4. The average molecular weight is 543 g/mol.